The topological polar surface area (TPSA) is 56.1 Å². The molecule has 0 aliphatic heterocycles. The first-order valence-electron chi connectivity index (χ1n) is 3.78. The van der Waals surface area contributed by atoms with Gasteiger partial charge in [-0.15, -0.1) is 0 Å². The minimum atomic E-state index is -0.0524. The van der Waals surface area contributed by atoms with Crippen LogP contribution in [0.4, 0.5) is 5.69 Å². The van der Waals surface area contributed by atoms with Crippen molar-refractivity contribution in [1.29, 1.82) is 5.41 Å². The first-order chi connectivity index (χ1) is 6.72. The Bertz CT molecular complexity index is 348. The molecule has 1 aromatic rings. The fourth-order valence-electron chi connectivity index (χ4n) is 1.13. The van der Waals surface area contributed by atoms with Gasteiger partial charge in [-0.05, 0) is 39.7 Å². The quantitative estimate of drug-likeness (QED) is 0.422. The van der Waals surface area contributed by atoms with Gasteiger partial charge in [0.15, 0.2) is 0 Å². The molecular weight excluding hydrogens is 378 g/mol. The van der Waals surface area contributed by atoms with E-state index in [0.717, 1.165) is 21.3 Å². The monoisotopic (exact) mass is 386 g/mol. The van der Waals surface area contributed by atoms with Crippen molar-refractivity contribution in [3.63, 3.8) is 0 Å². The first kappa shape index (κ1) is 12.4. The van der Waals surface area contributed by atoms with E-state index in [4.69, 9.17) is 10.5 Å². The van der Waals surface area contributed by atoms with E-state index in [0.29, 0.717) is 6.37 Å². The third-order valence-corrected chi connectivity index (χ3v) is 3.36. The summed E-state index contributed by atoms with van der Waals surface area (Å²) >= 11 is 5.58. The van der Waals surface area contributed by atoms with Gasteiger partial charge in [-0.3, -0.25) is 0 Å². The van der Waals surface area contributed by atoms with Gasteiger partial charge in [-0.25, -0.2) is 0 Å². The van der Waals surface area contributed by atoms with Gasteiger partial charge < -0.3 is 15.6 Å². The third-order valence-electron chi connectivity index (χ3n) is 1.73. The van der Waals surface area contributed by atoms with Crippen molar-refractivity contribution in [2.45, 2.75) is 6.61 Å². The van der Waals surface area contributed by atoms with Crippen molar-refractivity contribution in [2.24, 2.45) is 0 Å². The van der Waals surface area contributed by atoms with Crippen LogP contribution in [0.3, 0.4) is 0 Å². The largest absolute Gasteiger partial charge is 0.392 e. The van der Waals surface area contributed by atoms with Gasteiger partial charge in [-0.2, -0.15) is 0 Å². The predicted molar refractivity (Wildman–Crippen MR) is 73.9 cm³/mol. The molecule has 76 valence electrons. The second-order valence-corrected chi connectivity index (χ2v) is 5.52. The molecule has 0 heterocycles. The molecular formula is C8H9BrIN2OP. The molecule has 0 aromatic heterocycles. The molecule has 0 radical (unpaired) electrons. The minimum Gasteiger partial charge on any atom is -0.392 e. The molecule has 1 unspecified atom stereocenters. The molecule has 1 aromatic carbocycles. The van der Waals surface area contributed by atoms with Crippen LogP contribution in [0.1, 0.15) is 11.1 Å². The molecule has 0 amide bonds. The van der Waals surface area contributed by atoms with Crippen molar-refractivity contribution in [3.05, 3.63) is 27.7 Å². The van der Waals surface area contributed by atoms with Crippen LogP contribution in [0.5, 0.6) is 0 Å². The lowest BCUT2D eigenvalue weighted by molar-refractivity contribution is 0.281. The van der Waals surface area contributed by atoms with Crippen LogP contribution < -0.4 is 5.09 Å². The molecule has 0 saturated heterocycles. The van der Waals surface area contributed by atoms with E-state index in [2.05, 4.69) is 43.1 Å². The van der Waals surface area contributed by atoms with Gasteiger partial charge in [0.2, 0.25) is 0 Å². The van der Waals surface area contributed by atoms with E-state index in [1.807, 2.05) is 12.1 Å². The molecule has 0 aliphatic rings. The van der Waals surface area contributed by atoms with Gasteiger partial charge in [0, 0.05) is 28.3 Å². The number of nitrogens with one attached hydrogen (secondary N) is 2. The third kappa shape index (κ3) is 2.89. The summed E-state index contributed by atoms with van der Waals surface area (Å²) in [6.07, 6.45) is 1.80. The maximum atomic E-state index is 9.12. The number of aliphatic hydroxyl groups excluding tert-OH is 1. The SMILES string of the molecule is N=Cc1c(CO)cc(Br)cc1NPI. The van der Waals surface area contributed by atoms with Crippen LogP contribution in [-0.4, -0.2) is 11.3 Å². The van der Waals surface area contributed by atoms with Crippen molar-refractivity contribution in [3.8, 4) is 0 Å². The molecule has 3 nitrogen and oxygen atoms in total. The number of halogens is 2. The van der Waals surface area contributed by atoms with E-state index >= 15 is 0 Å². The van der Waals surface area contributed by atoms with Crippen LogP contribution in [0.2, 0.25) is 0 Å². The number of rotatable bonds is 4. The standard InChI is InChI=1S/C8H9BrIN2OP/c9-6-1-5(4-13)7(3-11)8(2-6)12-14-10/h1-3,11-14H,4H2. The smallest absolute Gasteiger partial charge is 0.0689 e. The summed E-state index contributed by atoms with van der Waals surface area (Å²) in [5.74, 6) is 0. The Morgan fingerprint density at radius 1 is 1.64 bits per heavy atom. The normalized spacial score (nSPS) is 10.8. The molecule has 0 aliphatic carbocycles. The summed E-state index contributed by atoms with van der Waals surface area (Å²) < 4.78 is 0.907. The molecule has 0 bridgehead atoms. The van der Waals surface area contributed by atoms with E-state index < -0.39 is 0 Å². The summed E-state index contributed by atoms with van der Waals surface area (Å²) in [5.41, 5.74) is 2.39. The molecule has 1 rings (SSSR count). The number of benzene rings is 1. The zero-order valence-corrected chi connectivity index (χ0v) is 11.9. The summed E-state index contributed by atoms with van der Waals surface area (Å²) in [6, 6.07) is 3.73. The number of aliphatic hydroxyl groups is 1. The highest BCUT2D eigenvalue weighted by atomic mass is 127. The van der Waals surface area contributed by atoms with Crippen molar-refractivity contribution < 1.29 is 5.11 Å². The van der Waals surface area contributed by atoms with Gasteiger partial charge in [0.1, 0.15) is 0 Å². The van der Waals surface area contributed by atoms with E-state index in [9.17, 15) is 0 Å². The molecule has 0 fully saturated rings. The zero-order valence-electron chi connectivity index (χ0n) is 7.14. The maximum Gasteiger partial charge on any atom is 0.0689 e. The second-order valence-electron chi connectivity index (χ2n) is 2.55. The van der Waals surface area contributed by atoms with Gasteiger partial charge in [0.05, 0.1) is 6.61 Å². The highest BCUT2D eigenvalue weighted by Gasteiger charge is 2.06. The highest BCUT2D eigenvalue weighted by Crippen LogP contribution is 2.30. The summed E-state index contributed by atoms with van der Waals surface area (Å²) in [6.45, 7) is -0.0524. The fourth-order valence-corrected chi connectivity index (χ4v) is 2.82. The summed E-state index contributed by atoms with van der Waals surface area (Å²) in [4.78, 5) is 0. The average Bonchev–Trinajstić information content (AvgIpc) is 2.17. The van der Waals surface area contributed by atoms with E-state index in [1.54, 1.807) is 0 Å². The van der Waals surface area contributed by atoms with Crippen LogP contribution in [0.15, 0.2) is 16.6 Å². The Labute approximate surface area is 106 Å². The van der Waals surface area contributed by atoms with Crippen molar-refractivity contribution in [2.75, 3.05) is 5.09 Å². The van der Waals surface area contributed by atoms with Gasteiger partial charge in [0.25, 0.3) is 0 Å². The lowest BCUT2D eigenvalue weighted by Gasteiger charge is -2.11. The highest BCUT2D eigenvalue weighted by molar-refractivity contribution is 14.2. The Kier molecular flexibility index (Phi) is 5.30. The van der Waals surface area contributed by atoms with Crippen LogP contribution in [0, 0.1) is 5.41 Å². The molecule has 1 atom stereocenters. The Morgan fingerprint density at radius 2 is 2.36 bits per heavy atom. The maximum absolute atomic E-state index is 9.12. The van der Waals surface area contributed by atoms with Gasteiger partial charge in [-0.1, -0.05) is 15.9 Å². The van der Waals surface area contributed by atoms with Crippen LogP contribution in [0.25, 0.3) is 0 Å². The second kappa shape index (κ2) is 6.00. The minimum absolute atomic E-state index is 0.0524. The average molecular weight is 387 g/mol. The summed E-state index contributed by atoms with van der Waals surface area (Å²) in [5, 5.41) is 19.6. The molecule has 14 heavy (non-hydrogen) atoms. The molecule has 3 N–H and O–H groups in total. The van der Waals surface area contributed by atoms with E-state index in [1.165, 1.54) is 6.21 Å². The summed E-state index contributed by atoms with van der Waals surface area (Å²) in [7, 11) is 0. The molecule has 0 saturated carbocycles. The number of anilines is 1. The predicted octanol–water partition coefficient (Wildman–Crippen LogP) is 3.29. The van der Waals surface area contributed by atoms with Crippen molar-refractivity contribution in [1.82, 2.24) is 0 Å². The number of hydrogen-bond acceptors (Lipinski definition) is 3. The van der Waals surface area contributed by atoms with Crippen LogP contribution in [-0.2, 0) is 6.61 Å². The Morgan fingerprint density at radius 3 is 2.86 bits per heavy atom. The zero-order chi connectivity index (χ0) is 10.6. The lowest BCUT2D eigenvalue weighted by Crippen LogP contribution is -1.97. The fraction of sp³-hybridized carbons (Fsp3) is 0.125. The Hall–Kier alpha value is 0.290. The lowest BCUT2D eigenvalue weighted by atomic mass is 10.1. The molecule has 6 heteroatoms. The first-order valence-corrected chi connectivity index (χ1v) is 8.69. The van der Waals surface area contributed by atoms with E-state index in [-0.39, 0.29) is 6.61 Å². The van der Waals surface area contributed by atoms with Crippen LogP contribution >= 0.6 is 44.3 Å². The Balaban J connectivity index is 3.24. The van der Waals surface area contributed by atoms with Gasteiger partial charge >= 0.3 is 0 Å². The number of hydrogen-bond donors (Lipinski definition) is 3. The molecule has 0 spiro atoms. The van der Waals surface area contributed by atoms with Crippen molar-refractivity contribution >= 4 is 56.2 Å².